The maximum atomic E-state index is 2.50. The molecule has 17 heavy (non-hydrogen) atoms. The van der Waals surface area contributed by atoms with E-state index in [-0.39, 0.29) is 0 Å². The Labute approximate surface area is 105 Å². The highest BCUT2D eigenvalue weighted by atomic mass is 15.1. The molecule has 2 heteroatoms. The third kappa shape index (κ3) is 3.72. The zero-order chi connectivity index (χ0) is 12.3. The van der Waals surface area contributed by atoms with Gasteiger partial charge in [0, 0.05) is 36.3 Å². The van der Waals surface area contributed by atoms with E-state index in [4.69, 9.17) is 0 Å². The molecular formula is C15H25N2+. The molecule has 1 aromatic heterocycles. The van der Waals surface area contributed by atoms with E-state index in [2.05, 4.69) is 54.8 Å². The van der Waals surface area contributed by atoms with Crippen molar-refractivity contribution in [2.45, 2.75) is 46.6 Å². The van der Waals surface area contributed by atoms with E-state index in [0.29, 0.717) is 5.41 Å². The molecule has 0 bridgehead atoms. The van der Waals surface area contributed by atoms with Crippen LogP contribution in [0.25, 0.3) is 0 Å². The quantitative estimate of drug-likeness (QED) is 0.712. The number of piperidine rings is 1. The zero-order valence-electron chi connectivity index (χ0n) is 11.4. The van der Waals surface area contributed by atoms with Crippen LogP contribution in [0.15, 0.2) is 24.5 Å². The normalized spacial score (nSPS) is 17.2. The Bertz CT molecular complexity index is 342. The van der Waals surface area contributed by atoms with E-state index >= 15 is 0 Å². The van der Waals surface area contributed by atoms with E-state index in [1.165, 1.54) is 38.0 Å². The van der Waals surface area contributed by atoms with E-state index < -0.39 is 0 Å². The third-order valence-corrected chi connectivity index (χ3v) is 3.25. The number of rotatable bonds is 2. The van der Waals surface area contributed by atoms with Crippen molar-refractivity contribution in [2.75, 3.05) is 18.0 Å². The topological polar surface area (TPSA) is 7.12 Å². The molecule has 0 unspecified atom stereocenters. The highest BCUT2D eigenvalue weighted by Crippen LogP contribution is 2.18. The molecule has 0 aliphatic carbocycles. The smallest absolute Gasteiger partial charge is 0.170 e. The lowest BCUT2D eigenvalue weighted by Gasteiger charge is -2.28. The van der Waals surface area contributed by atoms with Crippen molar-refractivity contribution in [2.24, 2.45) is 5.41 Å². The average molecular weight is 233 g/mol. The first-order chi connectivity index (χ1) is 8.04. The van der Waals surface area contributed by atoms with Gasteiger partial charge in [-0.1, -0.05) is 20.8 Å². The molecule has 0 N–H and O–H groups in total. The Kier molecular flexibility index (Phi) is 3.70. The first-order valence-electron chi connectivity index (χ1n) is 6.79. The van der Waals surface area contributed by atoms with Crippen molar-refractivity contribution >= 4 is 5.69 Å². The molecule has 0 atom stereocenters. The molecule has 1 fully saturated rings. The molecular weight excluding hydrogens is 208 g/mol. The van der Waals surface area contributed by atoms with Gasteiger partial charge in [-0.15, -0.1) is 0 Å². The molecule has 94 valence electrons. The van der Waals surface area contributed by atoms with Crippen molar-refractivity contribution in [1.82, 2.24) is 0 Å². The fraction of sp³-hybridized carbons (Fsp3) is 0.667. The van der Waals surface area contributed by atoms with Crippen LogP contribution in [0, 0.1) is 5.41 Å². The summed E-state index contributed by atoms with van der Waals surface area (Å²) in [6, 6.07) is 4.52. The zero-order valence-corrected chi connectivity index (χ0v) is 11.4. The Morgan fingerprint density at radius 1 is 1.06 bits per heavy atom. The molecule has 0 amide bonds. The molecule has 0 radical (unpaired) electrons. The Balaban J connectivity index is 2.02. The van der Waals surface area contributed by atoms with Crippen LogP contribution in [-0.4, -0.2) is 13.1 Å². The summed E-state index contributed by atoms with van der Waals surface area (Å²) in [6.07, 6.45) is 8.52. The largest absolute Gasteiger partial charge is 0.371 e. The second-order valence-corrected chi connectivity index (χ2v) is 6.34. The van der Waals surface area contributed by atoms with Crippen molar-refractivity contribution in [3.8, 4) is 0 Å². The van der Waals surface area contributed by atoms with Crippen LogP contribution in [0.5, 0.6) is 0 Å². The number of hydrogen-bond donors (Lipinski definition) is 0. The maximum Gasteiger partial charge on any atom is 0.170 e. The first kappa shape index (κ1) is 12.4. The van der Waals surface area contributed by atoms with Gasteiger partial charge < -0.3 is 4.90 Å². The number of nitrogens with zero attached hydrogens (tertiary/aromatic N) is 2. The molecule has 0 aromatic carbocycles. The van der Waals surface area contributed by atoms with Gasteiger partial charge in [0.15, 0.2) is 18.9 Å². The number of pyridine rings is 1. The Hall–Kier alpha value is -1.05. The summed E-state index contributed by atoms with van der Waals surface area (Å²) in [6.45, 7) is 10.4. The molecule has 0 saturated carbocycles. The van der Waals surface area contributed by atoms with E-state index in [0.717, 1.165) is 6.54 Å². The minimum Gasteiger partial charge on any atom is -0.371 e. The van der Waals surface area contributed by atoms with Gasteiger partial charge in [-0.3, -0.25) is 0 Å². The van der Waals surface area contributed by atoms with Crippen LogP contribution >= 0.6 is 0 Å². The van der Waals surface area contributed by atoms with Gasteiger partial charge in [0.1, 0.15) is 0 Å². The van der Waals surface area contributed by atoms with Gasteiger partial charge >= 0.3 is 0 Å². The summed E-state index contributed by atoms with van der Waals surface area (Å²) in [5.41, 5.74) is 1.73. The predicted molar refractivity (Wildman–Crippen MR) is 72.2 cm³/mol. The minimum atomic E-state index is 0.345. The molecule has 1 aromatic rings. The van der Waals surface area contributed by atoms with Crippen molar-refractivity contribution < 1.29 is 4.57 Å². The van der Waals surface area contributed by atoms with Crippen LogP contribution in [0.1, 0.15) is 40.0 Å². The molecule has 1 saturated heterocycles. The molecule has 0 spiro atoms. The Morgan fingerprint density at radius 3 is 2.18 bits per heavy atom. The van der Waals surface area contributed by atoms with E-state index in [9.17, 15) is 0 Å². The summed E-state index contributed by atoms with van der Waals surface area (Å²) < 4.78 is 2.29. The standard InChI is InChI=1S/C15H25N2/c1-15(2,3)13-16-11-7-14(8-12-16)17-9-5-4-6-10-17/h7-8,11-12H,4-6,9-10,13H2,1-3H3/q+1. The van der Waals surface area contributed by atoms with Gasteiger partial charge in [0.2, 0.25) is 0 Å². The second kappa shape index (κ2) is 5.07. The summed E-state index contributed by atoms with van der Waals surface area (Å²) in [5, 5.41) is 0. The molecule has 1 aliphatic rings. The number of hydrogen-bond acceptors (Lipinski definition) is 1. The molecule has 2 rings (SSSR count). The van der Waals surface area contributed by atoms with Crippen LogP contribution in [0.2, 0.25) is 0 Å². The van der Waals surface area contributed by atoms with Gasteiger partial charge in [0.25, 0.3) is 0 Å². The monoisotopic (exact) mass is 233 g/mol. The van der Waals surface area contributed by atoms with Crippen molar-refractivity contribution in [3.63, 3.8) is 0 Å². The van der Waals surface area contributed by atoms with Gasteiger partial charge in [-0.25, -0.2) is 4.57 Å². The van der Waals surface area contributed by atoms with Crippen LogP contribution in [0.4, 0.5) is 5.69 Å². The number of anilines is 1. The lowest BCUT2D eigenvalue weighted by molar-refractivity contribution is -0.708. The maximum absolute atomic E-state index is 2.50. The molecule has 2 nitrogen and oxygen atoms in total. The van der Waals surface area contributed by atoms with Gasteiger partial charge in [-0.2, -0.15) is 0 Å². The molecule has 2 heterocycles. The van der Waals surface area contributed by atoms with E-state index in [1.54, 1.807) is 0 Å². The van der Waals surface area contributed by atoms with Gasteiger partial charge in [0.05, 0.1) is 0 Å². The van der Waals surface area contributed by atoms with Crippen molar-refractivity contribution in [1.29, 1.82) is 0 Å². The fourth-order valence-electron chi connectivity index (χ4n) is 2.47. The third-order valence-electron chi connectivity index (χ3n) is 3.25. The lowest BCUT2D eigenvalue weighted by atomic mass is 9.97. The van der Waals surface area contributed by atoms with Crippen LogP contribution < -0.4 is 9.47 Å². The SMILES string of the molecule is CC(C)(C)C[n+]1ccc(N2CCCCC2)cc1. The average Bonchev–Trinajstić information content (AvgIpc) is 2.29. The summed E-state index contributed by atoms with van der Waals surface area (Å²) in [5.74, 6) is 0. The first-order valence-corrected chi connectivity index (χ1v) is 6.79. The Morgan fingerprint density at radius 2 is 1.65 bits per heavy atom. The van der Waals surface area contributed by atoms with Gasteiger partial charge in [-0.05, 0) is 19.3 Å². The van der Waals surface area contributed by atoms with Crippen LogP contribution in [-0.2, 0) is 6.54 Å². The highest BCUT2D eigenvalue weighted by molar-refractivity contribution is 5.43. The predicted octanol–water partition coefficient (Wildman–Crippen LogP) is 3.01. The van der Waals surface area contributed by atoms with Crippen molar-refractivity contribution in [3.05, 3.63) is 24.5 Å². The van der Waals surface area contributed by atoms with E-state index in [1.807, 2.05) is 0 Å². The highest BCUT2D eigenvalue weighted by Gasteiger charge is 2.17. The summed E-state index contributed by atoms with van der Waals surface area (Å²) >= 11 is 0. The number of aromatic nitrogens is 1. The molecule has 1 aliphatic heterocycles. The lowest BCUT2D eigenvalue weighted by Crippen LogP contribution is -2.40. The van der Waals surface area contributed by atoms with Crippen LogP contribution in [0.3, 0.4) is 0 Å². The fourth-order valence-corrected chi connectivity index (χ4v) is 2.47. The summed E-state index contributed by atoms with van der Waals surface area (Å²) in [4.78, 5) is 2.50. The second-order valence-electron chi connectivity index (χ2n) is 6.34. The minimum absolute atomic E-state index is 0.345. The summed E-state index contributed by atoms with van der Waals surface area (Å²) in [7, 11) is 0.